The Hall–Kier alpha value is -2.75. The van der Waals surface area contributed by atoms with Gasteiger partial charge in [0.15, 0.2) is 5.58 Å². The van der Waals surface area contributed by atoms with Gasteiger partial charge in [0.25, 0.3) is 0 Å². The van der Waals surface area contributed by atoms with E-state index in [0.717, 1.165) is 63.8 Å². The second kappa shape index (κ2) is 8.07. The van der Waals surface area contributed by atoms with E-state index in [2.05, 4.69) is 56.6 Å². The minimum atomic E-state index is 0.499. The lowest BCUT2D eigenvalue weighted by atomic mass is 10.1. The molecule has 2 aliphatic rings. The highest BCUT2D eigenvalue weighted by Crippen LogP contribution is 2.37. The van der Waals surface area contributed by atoms with Crippen LogP contribution < -0.4 is 4.90 Å². The fraction of sp³-hybridized carbons (Fsp3) is 0.400. The summed E-state index contributed by atoms with van der Waals surface area (Å²) in [6, 6.07) is 8.61. The van der Waals surface area contributed by atoms with Gasteiger partial charge in [0, 0.05) is 41.2 Å². The smallest absolute Gasteiger partial charge is 0.181 e. The van der Waals surface area contributed by atoms with Gasteiger partial charge in [-0.2, -0.15) is 5.10 Å². The standard InChI is InChI=1S/C25H25N3O2S/c1-2-10-28(11-3-1)19-8-9-21-22(14-19)30-25-23(26-27-24(21)25)18-13-20(31-16-18)5-4-12-29-15-17-6-7-17/h8-9,13-14,16-17H,1-3,6-7,10-12,15H2,(H,26,27). The van der Waals surface area contributed by atoms with Crippen molar-refractivity contribution in [3.05, 3.63) is 34.5 Å². The summed E-state index contributed by atoms with van der Waals surface area (Å²) in [5.74, 6) is 7.11. The molecule has 1 aliphatic heterocycles. The van der Waals surface area contributed by atoms with E-state index in [9.17, 15) is 0 Å². The number of furan rings is 1. The molecule has 1 N–H and O–H groups in total. The highest BCUT2D eigenvalue weighted by Gasteiger charge is 2.21. The van der Waals surface area contributed by atoms with Crippen molar-refractivity contribution in [3.8, 4) is 23.1 Å². The third-order valence-electron chi connectivity index (χ3n) is 6.20. The molecule has 4 heterocycles. The topological polar surface area (TPSA) is 54.3 Å². The van der Waals surface area contributed by atoms with E-state index in [4.69, 9.17) is 9.15 Å². The largest absolute Gasteiger partial charge is 0.452 e. The van der Waals surface area contributed by atoms with Crippen LogP contribution in [0.2, 0.25) is 0 Å². The van der Waals surface area contributed by atoms with Crippen molar-refractivity contribution in [3.63, 3.8) is 0 Å². The number of H-pyrrole nitrogens is 1. The number of piperidine rings is 1. The van der Waals surface area contributed by atoms with Gasteiger partial charge in [-0.3, -0.25) is 5.10 Å². The molecule has 1 aliphatic carbocycles. The van der Waals surface area contributed by atoms with Crippen molar-refractivity contribution < 1.29 is 9.15 Å². The van der Waals surface area contributed by atoms with Gasteiger partial charge in [0.2, 0.25) is 0 Å². The number of hydrogen-bond acceptors (Lipinski definition) is 5. The van der Waals surface area contributed by atoms with Gasteiger partial charge >= 0.3 is 0 Å². The fourth-order valence-electron chi connectivity index (χ4n) is 4.28. The van der Waals surface area contributed by atoms with Crippen LogP contribution in [-0.2, 0) is 4.74 Å². The minimum Gasteiger partial charge on any atom is -0.452 e. The van der Waals surface area contributed by atoms with Crippen LogP contribution in [0, 0.1) is 17.8 Å². The second-order valence-corrected chi connectivity index (χ2v) is 9.48. The first-order valence-electron chi connectivity index (χ1n) is 11.2. The molecule has 1 saturated carbocycles. The Kier molecular flexibility index (Phi) is 4.94. The summed E-state index contributed by atoms with van der Waals surface area (Å²) < 4.78 is 11.9. The molecule has 6 rings (SSSR count). The molecule has 0 amide bonds. The zero-order valence-corrected chi connectivity index (χ0v) is 18.3. The van der Waals surface area contributed by atoms with Gasteiger partial charge < -0.3 is 14.1 Å². The summed E-state index contributed by atoms with van der Waals surface area (Å²) in [6.07, 6.45) is 6.47. The molecule has 158 valence electrons. The Bertz CT molecular complexity index is 1280. The van der Waals surface area contributed by atoms with Gasteiger partial charge in [-0.25, -0.2) is 0 Å². The molecule has 5 nitrogen and oxygen atoms in total. The lowest BCUT2D eigenvalue weighted by molar-refractivity contribution is 0.156. The van der Waals surface area contributed by atoms with Gasteiger partial charge in [-0.15, -0.1) is 11.3 Å². The Labute approximate surface area is 185 Å². The maximum atomic E-state index is 6.29. The highest BCUT2D eigenvalue weighted by molar-refractivity contribution is 7.11. The van der Waals surface area contributed by atoms with E-state index in [0.29, 0.717) is 6.61 Å². The van der Waals surface area contributed by atoms with E-state index < -0.39 is 0 Å². The number of nitrogens with zero attached hydrogens (tertiary/aromatic N) is 2. The summed E-state index contributed by atoms with van der Waals surface area (Å²) in [6.45, 7) is 3.60. The molecule has 0 atom stereocenters. The van der Waals surface area contributed by atoms with Crippen LogP contribution in [0.15, 0.2) is 34.1 Å². The number of anilines is 1. The number of hydrogen-bond donors (Lipinski definition) is 1. The molecule has 0 spiro atoms. The molecule has 0 bridgehead atoms. The summed E-state index contributed by atoms with van der Waals surface area (Å²) in [4.78, 5) is 3.47. The maximum Gasteiger partial charge on any atom is 0.181 e. The monoisotopic (exact) mass is 431 g/mol. The predicted octanol–water partition coefficient (Wildman–Crippen LogP) is 5.81. The highest BCUT2D eigenvalue weighted by atomic mass is 32.1. The average Bonchev–Trinajstić information content (AvgIpc) is 3.19. The second-order valence-electron chi connectivity index (χ2n) is 8.57. The van der Waals surface area contributed by atoms with Gasteiger partial charge in [0.05, 0.1) is 11.5 Å². The average molecular weight is 432 g/mol. The zero-order chi connectivity index (χ0) is 20.6. The van der Waals surface area contributed by atoms with E-state index >= 15 is 0 Å². The number of benzene rings is 1. The molecule has 3 aromatic heterocycles. The van der Waals surface area contributed by atoms with Crippen LogP contribution >= 0.6 is 11.3 Å². The first-order valence-corrected chi connectivity index (χ1v) is 12.0. The molecule has 0 radical (unpaired) electrons. The van der Waals surface area contributed by atoms with Crippen molar-refractivity contribution in [2.24, 2.45) is 5.92 Å². The molecule has 6 heteroatoms. The normalized spacial score (nSPS) is 16.7. The van der Waals surface area contributed by atoms with Gasteiger partial charge in [-0.1, -0.05) is 11.8 Å². The quantitative estimate of drug-likeness (QED) is 0.320. The van der Waals surface area contributed by atoms with Crippen molar-refractivity contribution in [1.82, 2.24) is 10.2 Å². The summed E-state index contributed by atoms with van der Waals surface area (Å²) in [5.41, 5.74) is 5.82. The summed E-state index contributed by atoms with van der Waals surface area (Å²) >= 11 is 1.63. The predicted molar refractivity (Wildman–Crippen MR) is 126 cm³/mol. The van der Waals surface area contributed by atoms with Crippen molar-refractivity contribution in [2.45, 2.75) is 32.1 Å². The molecular formula is C25H25N3O2S. The van der Waals surface area contributed by atoms with Crippen LogP contribution in [-0.4, -0.2) is 36.5 Å². The fourth-order valence-corrected chi connectivity index (χ4v) is 5.04. The molecule has 2 fully saturated rings. The Morgan fingerprint density at radius 2 is 2.10 bits per heavy atom. The molecular weight excluding hydrogens is 406 g/mol. The minimum absolute atomic E-state index is 0.499. The number of nitrogens with one attached hydrogen (secondary N) is 1. The van der Waals surface area contributed by atoms with Crippen LogP contribution in [0.4, 0.5) is 5.69 Å². The SMILES string of the molecule is C(#Cc1cc(-c2n[nH]c3c2oc2cc(N4CCCCC4)ccc23)cs1)COCC1CC1. The Morgan fingerprint density at radius 1 is 1.19 bits per heavy atom. The molecule has 1 aromatic carbocycles. The van der Waals surface area contributed by atoms with E-state index in [1.165, 1.54) is 37.8 Å². The van der Waals surface area contributed by atoms with Crippen molar-refractivity contribution in [1.29, 1.82) is 0 Å². The summed E-state index contributed by atoms with van der Waals surface area (Å²) in [7, 11) is 0. The lowest BCUT2D eigenvalue weighted by Gasteiger charge is -2.28. The number of ether oxygens (including phenoxy) is 1. The van der Waals surface area contributed by atoms with E-state index in [1.54, 1.807) is 11.3 Å². The number of fused-ring (bicyclic) bond motifs is 3. The van der Waals surface area contributed by atoms with E-state index in [1.807, 2.05) is 0 Å². The maximum absolute atomic E-state index is 6.29. The third-order valence-corrected chi connectivity index (χ3v) is 7.04. The zero-order valence-electron chi connectivity index (χ0n) is 17.4. The number of aromatic amines is 1. The first-order chi connectivity index (χ1) is 15.3. The molecule has 1 saturated heterocycles. The molecule has 0 unspecified atom stereocenters. The number of rotatable bonds is 5. The molecule has 31 heavy (non-hydrogen) atoms. The van der Waals surface area contributed by atoms with Gasteiger partial charge in [-0.05, 0) is 56.2 Å². The van der Waals surface area contributed by atoms with Crippen LogP contribution in [0.3, 0.4) is 0 Å². The van der Waals surface area contributed by atoms with E-state index in [-0.39, 0.29) is 0 Å². The Morgan fingerprint density at radius 3 is 2.97 bits per heavy atom. The van der Waals surface area contributed by atoms with Crippen molar-refractivity contribution >= 4 is 39.1 Å². The van der Waals surface area contributed by atoms with Crippen LogP contribution in [0.5, 0.6) is 0 Å². The third kappa shape index (κ3) is 3.84. The lowest BCUT2D eigenvalue weighted by Crippen LogP contribution is -2.29. The van der Waals surface area contributed by atoms with Crippen molar-refractivity contribution in [2.75, 3.05) is 31.2 Å². The van der Waals surface area contributed by atoms with Crippen LogP contribution in [0.1, 0.15) is 37.0 Å². The first kappa shape index (κ1) is 19.0. The number of aromatic nitrogens is 2. The Balaban J connectivity index is 1.25. The number of thiophene rings is 1. The van der Waals surface area contributed by atoms with Gasteiger partial charge in [0.1, 0.15) is 23.4 Å². The summed E-state index contributed by atoms with van der Waals surface area (Å²) in [5, 5.41) is 10.9. The molecule has 4 aromatic rings. The van der Waals surface area contributed by atoms with Crippen LogP contribution in [0.25, 0.3) is 33.3 Å².